The number of ether oxygens (including phenoxy) is 1. The molecule has 2 aromatic carbocycles. The fourth-order valence-corrected chi connectivity index (χ4v) is 3.70. The van der Waals surface area contributed by atoms with Crippen molar-refractivity contribution in [3.8, 4) is 28.4 Å². The molecule has 146 valence electrons. The molecule has 0 radical (unpaired) electrons. The molecule has 2 aromatic heterocycles. The van der Waals surface area contributed by atoms with Gasteiger partial charge >= 0.3 is 0 Å². The van der Waals surface area contributed by atoms with Gasteiger partial charge < -0.3 is 9.26 Å². The Labute approximate surface area is 177 Å². The lowest BCUT2D eigenvalue weighted by atomic mass is 10.1. The zero-order valence-corrected chi connectivity index (χ0v) is 17.5. The van der Waals surface area contributed by atoms with Crippen LogP contribution in [0.15, 0.2) is 75.1 Å². The Morgan fingerprint density at radius 1 is 0.966 bits per heavy atom. The molecule has 0 unspecified atom stereocenters. The third-order valence-electron chi connectivity index (χ3n) is 4.17. The third-order valence-corrected chi connectivity index (χ3v) is 5.81. The van der Waals surface area contributed by atoms with Crippen molar-refractivity contribution in [1.82, 2.24) is 20.3 Å². The topological polar surface area (TPSA) is 73.9 Å². The van der Waals surface area contributed by atoms with Crippen molar-refractivity contribution in [3.63, 3.8) is 0 Å². The van der Waals surface area contributed by atoms with Crippen LogP contribution in [0.25, 0.3) is 22.6 Å². The summed E-state index contributed by atoms with van der Waals surface area (Å²) in [6, 6.07) is 19.7. The number of benzene rings is 2. The number of methoxy groups -OCH3 is 1. The molecule has 0 saturated heterocycles. The highest BCUT2D eigenvalue weighted by Gasteiger charge is 2.10. The maximum Gasteiger partial charge on any atom is 0.237 e. The van der Waals surface area contributed by atoms with E-state index < -0.39 is 0 Å². The van der Waals surface area contributed by atoms with Crippen molar-refractivity contribution in [1.29, 1.82) is 0 Å². The fraction of sp³-hybridized carbons (Fsp3) is 0.143. The minimum atomic E-state index is 0.531. The maximum absolute atomic E-state index is 5.37. The molecular formula is C21H18N4O2S2. The second-order valence-corrected chi connectivity index (χ2v) is 7.89. The first-order valence-electron chi connectivity index (χ1n) is 8.83. The van der Waals surface area contributed by atoms with Crippen LogP contribution in [-0.4, -0.2) is 33.7 Å². The van der Waals surface area contributed by atoms with Gasteiger partial charge in [0.15, 0.2) is 0 Å². The van der Waals surface area contributed by atoms with Gasteiger partial charge in [0.1, 0.15) is 10.8 Å². The first-order valence-corrected chi connectivity index (χ1v) is 11.0. The minimum Gasteiger partial charge on any atom is -0.497 e. The second-order valence-electron chi connectivity index (χ2n) is 6.02. The number of rotatable bonds is 7. The highest BCUT2D eigenvalue weighted by Crippen LogP contribution is 2.26. The van der Waals surface area contributed by atoms with Gasteiger partial charge in [-0.1, -0.05) is 29.1 Å². The van der Waals surface area contributed by atoms with Crippen LogP contribution in [0.2, 0.25) is 0 Å². The first kappa shape index (κ1) is 19.5. The summed E-state index contributed by atoms with van der Waals surface area (Å²) in [4.78, 5) is 5.67. The van der Waals surface area contributed by atoms with Gasteiger partial charge in [-0.15, -0.1) is 22.0 Å². The molecule has 0 aliphatic rings. The van der Waals surface area contributed by atoms with E-state index in [2.05, 4.69) is 20.3 Å². The number of hydrogen-bond acceptors (Lipinski definition) is 8. The Balaban J connectivity index is 1.39. The minimum absolute atomic E-state index is 0.531. The van der Waals surface area contributed by atoms with E-state index >= 15 is 0 Å². The number of hydrogen-bond donors (Lipinski definition) is 0. The van der Waals surface area contributed by atoms with Crippen LogP contribution < -0.4 is 4.74 Å². The highest BCUT2D eigenvalue weighted by molar-refractivity contribution is 7.98. The zero-order valence-electron chi connectivity index (χ0n) is 15.9. The van der Waals surface area contributed by atoms with Crippen LogP contribution in [0.5, 0.6) is 5.75 Å². The van der Waals surface area contributed by atoms with Crippen molar-refractivity contribution in [2.24, 2.45) is 0 Å². The predicted molar refractivity (Wildman–Crippen MR) is 115 cm³/mol. The summed E-state index contributed by atoms with van der Waals surface area (Å²) in [6.45, 7) is 0. The van der Waals surface area contributed by atoms with E-state index in [1.165, 1.54) is 16.7 Å². The molecule has 2 heterocycles. The van der Waals surface area contributed by atoms with E-state index in [1.54, 1.807) is 18.9 Å². The summed E-state index contributed by atoms with van der Waals surface area (Å²) in [6.07, 6.45) is 2.05. The van der Waals surface area contributed by atoms with Crippen molar-refractivity contribution in [2.45, 2.75) is 15.7 Å². The fourth-order valence-electron chi connectivity index (χ4n) is 2.64. The Hall–Kier alpha value is -2.84. The molecule has 0 amide bonds. The molecule has 0 spiro atoms. The monoisotopic (exact) mass is 422 g/mol. The lowest BCUT2D eigenvalue weighted by molar-refractivity contribution is 0.391. The molecule has 0 aliphatic heterocycles. The Morgan fingerprint density at radius 2 is 1.83 bits per heavy atom. The van der Waals surface area contributed by atoms with E-state index in [4.69, 9.17) is 9.26 Å². The molecule has 8 heteroatoms. The lowest BCUT2D eigenvalue weighted by Gasteiger charge is -2.04. The van der Waals surface area contributed by atoms with Crippen molar-refractivity contribution in [2.75, 3.05) is 13.4 Å². The van der Waals surface area contributed by atoms with Gasteiger partial charge in [0.05, 0.1) is 18.6 Å². The summed E-state index contributed by atoms with van der Waals surface area (Å²) in [5.74, 6) is 2.46. The average molecular weight is 423 g/mol. The largest absolute Gasteiger partial charge is 0.497 e. The van der Waals surface area contributed by atoms with E-state index in [1.807, 2.05) is 66.9 Å². The van der Waals surface area contributed by atoms with Crippen molar-refractivity contribution < 1.29 is 9.26 Å². The summed E-state index contributed by atoms with van der Waals surface area (Å²) < 4.78 is 10.6. The number of thioether (sulfide) groups is 2. The smallest absolute Gasteiger partial charge is 0.237 e. The van der Waals surface area contributed by atoms with Gasteiger partial charge in [-0.25, -0.2) is 0 Å². The standard InChI is InChI=1S/C21H18N4O2S2/c1-26-16-5-3-4-15(12-16)18-10-11-20(24-23-18)29-13-19-22-21(25-27-19)14-6-8-17(28-2)9-7-14/h3-12H,13H2,1-2H3. The average Bonchev–Trinajstić information content (AvgIpc) is 3.27. The zero-order chi connectivity index (χ0) is 20.1. The van der Waals surface area contributed by atoms with Crippen LogP contribution in [0.4, 0.5) is 0 Å². The number of nitrogens with zero attached hydrogens (tertiary/aromatic N) is 4. The predicted octanol–water partition coefficient (Wildman–Crippen LogP) is 5.22. The van der Waals surface area contributed by atoms with Crippen LogP contribution in [0.3, 0.4) is 0 Å². The van der Waals surface area contributed by atoms with Gasteiger partial charge in [0, 0.05) is 16.0 Å². The molecule has 4 aromatic rings. The second kappa shape index (κ2) is 9.11. The van der Waals surface area contributed by atoms with Gasteiger partial charge in [0.25, 0.3) is 0 Å². The molecule has 6 nitrogen and oxygen atoms in total. The quantitative estimate of drug-likeness (QED) is 0.376. The molecular weight excluding hydrogens is 404 g/mol. The van der Waals surface area contributed by atoms with Crippen LogP contribution in [-0.2, 0) is 5.75 Å². The molecule has 29 heavy (non-hydrogen) atoms. The van der Waals surface area contributed by atoms with E-state index in [0.29, 0.717) is 17.5 Å². The summed E-state index contributed by atoms with van der Waals surface area (Å²) in [5.41, 5.74) is 2.69. The maximum atomic E-state index is 5.37. The van der Waals surface area contributed by atoms with Gasteiger partial charge in [-0.3, -0.25) is 0 Å². The summed E-state index contributed by atoms with van der Waals surface area (Å²) in [5, 5.41) is 13.5. The van der Waals surface area contributed by atoms with E-state index in [-0.39, 0.29) is 0 Å². The third kappa shape index (κ3) is 4.78. The SMILES string of the molecule is COc1cccc(-c2ccc(SCc3nc(-c4ccc(SC)cc4)no3)nn2)c1. The first-order chi connectivity index (χ1) is 14.2. The van der Waals surface area contributed by atoms with Crippen molar-refractivity contribution >= 4 is 23.5 Å². The Bertz CT molecular complexity index is 1080. The van der Waals surface area contributed by atoms with Crippen LogP contribution in [0, 0.1) is 0 Å². The van der Waals surface area contributed by atoms with Gasteiger partial charge in [-0.2, -0.15) is 4.98 Å². The molecule has 0 aliphatic carbocycles. The number of aromatic nitrogens is 4. The van der Waals surface area contributed by atoms with Crippen molar-refractivity contribution in [3.05, 3.63) is 66.6 Å². The summed E-state index contributed by atoms with van der Waals surface area (Å²) >= 11 is 3.20. The molecule has 0 bridgehead atoms. The molecule has 0 N–H and O–H groups in total. The van der Waals surface area contributed by atoms with E-state index in [9.17, 15) is 0 Å². The Kier molecular flexibility index (Phi) is 6.12. The molecule has 0 atom stereocenters. The van der Waals surface area contributed by atoms with E-state index in [0.717, 1.165) is 27.6 Å². The molecule has 4 rings (SSSR count). The van der Waals surface area contributed by atoms with Gasteiger partial charge in [-0.05, 0) is 54.8 Å². The van der Waals surface area contributed by atoms with Crippen LogP contribution in [0.1, 0.15) is 5.89 Å². The molecule has 0 fully saturated rings. The highest BCUT2D eigenvalue weighted by atomic mass is 32.2. The van der Waals surface area contributed by atoms with Crippen LogP contribution >= 0.6 is 23.5 Å². The summed E-state index contributed by atoms with van der Waals surface area (Å²) in [7, 11) is 1.65. The Morgan fingerprint density at radius 3 is 2.55 bits per heavy atom. The lowest BCUT2D eigenvalue weighted by Crippen LogP contribution is -1.91. The van der Waals surface area contributed by atoms with Gasteiger partial charge in [0.2, 0.25) is 11.7 Å². The molecule has 0 saturated carbocycles. The normalized spacial score (nSPS) is 10.8.